The molecular formula is C11H18N4O2S. The van der Waals surface area contributed by atoms with E-state index in [1.165, 1.54) is 16.2 Å². The summed E-state index contributed by atoms with van der Waals surface area (Å²) in [7, 11) is 3.24. The molecule has 1 heterocycles. The number of carbonyl (C=O) groups is 2. The summed E-state index contributed by atoms with van der Waals surface area (Å²) in [6, 6.07) is 0. The molecule has 0 fully saturated rings. The molecule has 1 aromatic heterocycles. The number of nitrogens with zero attached hydrogens (tertiary/aromatic N) is 2. The molecule has 0 bridgehead atoms. The first-order chi connectivity index (χ1) is 8.36. The molecule has 2 amide bonds. The minimum absolute atomic E-state index is 0.0878. The summed E-state index contributed by atoms with van der Waals surface area (Å²) >= 11 is 1.17. The fourth-order valence-corrected chi connectivity index (χ4v) is 2.44. The van der Waals surface area contributed by atoms with Crippen LogP contribution in [-0.2, 0) is 4.79 Å². The summed E-state index contributed by atoms with van der Waals surface area (Å²) in [6.07, 6.45) is 0. The zero-order valence-corrected chi connectivity index (χ0v) is 11.8. The number of aryl methyl sites for hydroxylation is 1. The molecule has 6 nitrogen and oxygen atoms in total. The zero-order valence-electron chi connectivity index (χ0n) is 11.0. The summed E-state index contributed by atoms with van der Waals surface area (Å²) in [5.74, 6) is -0.498. The molecule has 1 aromatic rings. The van der Waals surface area contributed by atoms with Gasteiger partial charge in [-0.1, -0.05) is 18.3 Å². The van der Waals surface area contributed by atoms with E-state index in [0.717, 1.165) is 0 Å². The number of nitrogens with two attached hydrogens (primary N) is 1. The first kappa shape index (κ1) is 14.4. The van der Waals surface area contributed by atoms with Crippen LogP contribution in [0.3, 0.4) is 0 Å². The third kappa shape index (κ3) is 3.19. The van der Waals surface area contributed by atoms with Crippen molar-refractivity contribution in [3.8, 4) is 0 Å². The Hall–Kier alpha value is -1.63. The largest absolute Gasteiger partial charge is 0.375 e. The van der Waals surface area contributed by atoms with Crippen LogP contribution in [0.1, 0.15) is 22.3 Å². The smallest absolute Gasteiger partial charge is 0.265 e. The minimum atomic E-state index is -0.255. The second-order valence-electron chi connectivity index (χ2n) is 4.17. The molecule has 0 saturated carbocycles. The number of amides is 2. The van der Waals surface area contributed by atoms with Crippen molar-refractivity contribution in [1.29, 1.82) is 0 Å². The molecule has 0 aliphatic rings. The zero-order chi connectivity index (χ0) is 13.9. The van der Waals surface area contributed by atoms with Crippen molar-refractivity contribution in [2.24, 2.45) is 5.92 Å². The third-order valence-electron chi connectivity index (χ3n) is 2.60. The number of aromatic nitrogens is 1. The Morgan fingerprint density at radius 2 is 2.17 bits per heavy atom. The van der Waals surface area contributed by atoms with Crippen molar-refractivity contribution in [2.75, 3.05) is 26.4 Å². The summed E-state index contributed by atoms with van der Waals surface area (Å²) in [6.45, 7) is 3.88. The third-order valence-corrected chi connectivity index (χ3v) is 3.57. The van der Waals surface area contributed by atoms with E-state index >= 15 is 0 Å². The lowest BCUT2D eigenvalue weighted by Gasteiger charge is -2.20. The first-order valence-electron chi connectivity index (χ1n) is 5.56. The molecule has 0 aliphatic carbocycles. The molecule has 100 valence electrons. The van der Waals surface area contributed by atoms with E-state index in [1.807, 2.05) is 0 Å². The van der Waals surface area contributed by atoms with Crippen LogP contribution in [0.25, 0.3) is 0 Å². The maximum Gasteiger partial charge on any atom is 0.265 e. The van der Waals surface area contributed by atoms with Crippen molar-refractivity contribution < 1.29 is 9.59 Å². The molecule has 3 N–H and O–H groups in total. The molecule has 0 radical (unpaired) electrons. The van der Waals surface area contributed by atoms with E-state index in [2.05, 4.69) is 10.3 Å². The second kappa shape index (κ2) is 5.81. The Balaban J connectivity index is 2.73. The molecule has 0 spiro atoms. The predicted molar refractivity (Wildman–Crippen MR) is 71.5 cm³/mol. The highest BCUT2D eigenvalue weighted by Crippen LogP contribution is 2.21. The number of hydrogen-bond donors (Lipinski definition) is 2. The van der Waals surface area contributed by atoms with Gasteiger partial charge in [0.05, 0.1) is 11.6 Å². The van der Waals surface area contributed by atoms with Gasteiger partial charge in [-0.2, -0.15) is 0 Å². The van der Waals surface area contributed by atoms with Gasteiger partial charge in [0, 0.05) is 20.6 Å². The van der Waals surface area contributed by atoms with Crippen molar-refractivity contribution in [1.82, 2.24) is 15.2 Å². The van der Waals surface area contributed by atoms with Gasteiger partial charge in [-0.15, -0.1) is 0 Å². The van der Waals surface area contributed by atoms with Gasteiger partial charge in [0.2, 0.25) is 5.91 Å². The standard InChI is InChI=1S/C11H18N4O2S/c1-6(9(16)13-3)5-15(4)10(17)8-7(2)14-11(12)18-8/h6H,5H2,1-4H3,(H2,12,14)(H,13,16). The molecule has 0 aliphatic heterocycles. The number of rotatable bonds is 4. The van der Waals surface area contributed by atoms with Gasteiger partial charge in [0.1, 0.15) is 4.88 Å². The van der Waals surface area contributed by atoms with Crippen molar-refractivity contribution >= 4 is 28.3 Å². The first-order valence-corrected chi connectivity index (χ1v) is 6.38. The lowest BCUT2D eigenvalue weighted by molar-refractivity contribution is -0.124. The summed E-state index contributed by atoms with van der Waals surface area (Å²) in [5, 5.41) is 2.94. The molecule has 7 heteroatoms. The Bertz CT molecular complexity index is 458. The number of nitrogens with one attached hydrogen (secondary N) is 1. The van der Waals surface area contributed by atoms with Gasteiger partial charge in [-0.3, -0.25) is 9.59 Å². The molecule has 0 aromatic carbocycles. The second-order valence-corrected chi connectivity index (χ2v) is 5.20. The average Bonchev–Trinajstić information content (AvgIpc) is 2.66. The van der Waals surface area contributed by atoms with Crippen LogP contribution in [0, 0.1) is 12.8 Å². The molecule has 1 atom stereocenters. The molecule has 18 heavy (non-hydrogen) atoms. The maximum absolute atomic E-state index is 12.1. The normalized spacial score (nSPS) is 12.0. The van der Waals surface area contributed by atoms with E-state index in [9.17, 15) is 9.59 Å². The van der Waals surface area contributed by atoms with E-state index in [0.29, 0.717) is 22.2 Å². The number of nitrogen functional groups attached to an aromatic ring is 1. The van der Waals surface area contributed by atoms with Gasteiger partial charge >= 0.3 is 0 Å². The highest BCUT2D eigenvalue weighted by Gasteiger charge is 2.21. The molecular weight excluding hydrogens is 252 g/mol. The number of carbonyl (C=O) groups excluding carboxylic acids is 2. The van der Waals surface area contributed by atoms with Crippen molar-refractivity contribution in [3.05, 3.63) is 10.6 Å². The molecule has 1 unspecified atom stereocenters. The molecule has 1 rings (SSSR count). The van der Waals surface area contributed by atoms with E-state index in [-0.39, 0.29) is 17.7 Å². The van der Waals surface area contributed by atoms with Crippen LogP contribution in [0.4, 0.5) is 5.13 Å². The fourth-order valence-electron chi connectivity index (χ4n) is 1.61. The van der Waals surface area contributed by atoms with Gasteiger partial charge in [-0.25, -0.2) is 4.98 Å². The molecule has 0 saturated heterocycles. The SMILES string of the molecule is CNC(=O)C(C)CN(C)C(=O)c1sc(N)nc1C. The topological polar surface area (TPSA) is 88.3 Å². The van der Waals surface area contributed by atoms with Gasteiger partial charge in [-0.05, 0) is 6.92 Å². The number of thiazole rings is 1. The van der Waals surface area contributed by atoms with Gasteiger partial charge in [0.25, 0.3) is 5.91 Å². The van der Waals surface area contributed by atoms with Crippen LogP contribution < -0.4 is 11.1 Å². The van der Waals surface area contributed by atoms with Crippen LogP contribution in [0.2, 0.25) is 0 Å². The Morgan fingerprint density at radius 3 is 2.61 bits per heavy atom. The Kier molecular flexibility index (Phi) is 4.66. The lowest BCUT2D eigenvalue weighted by atomic mass is 10.1. The van der Waals surface area contributed by atoms with Crippen LogP contribution in [-0.4, -0.2) is 42.3 Å². The number of anilines is 1. The fraction of sp³-hybridized carbons (Fsp3) is 0.545. The minimum Gasteiger partial charge on any atom is -0.375 e. The summed E-state index contributed by atoms with van der Waals surface area (Å²) < 4.78 is 0. The predicted octanol–water partition coefficient (Wildman–Crippen LogP) is 0.488. The van der Waals surface area contributed by atoms with E-state index in [1.54, 1.807) is 27.9 Å². The van der Waals surface area contributed by atoms with Gasteiger partial charge < -0.3 is 16.0 Å². The highest BCUT2D eigenvalue weighted by atomic mass is 32.1. The van der Waals surface area contributed by atoms with Crippen LogP contribution in [0.5, 0.6) is 0 Å². The average molecular weight is 270 g/mol. The lowest BCUT2D eigenvalue weighted by Crippen LogP contribution is -2.37. The number of hydrogen-bond acceptors (Lipinski definition) is 5. The maximum atomic E-state index is 12.1. The quantitative estimate of drug-likeness (QED) is 0.833. The highest BCUT2D eigenvalue weighted by molar-refractivity contribution is 7.17. The Morgan fingerprint density at radius 1 is 1.56 bits per heavy atom. The van der Waals surface area contributed by atoms with Crippen LogP contribution in [0.15, 0.2) is 0 Å². The summed E-state index contributed by atoms with van der Waals surface area (Å²) in [4.78, 5) is 29.6. The Labute approximate surface area is 110 Å². The van der Waals surface area contributed by atoms with E-state index < -0.39 is 0 Å². The van der Waals surface area contributed by atoms with Crippen molar-refractivity contribution in [2.45, 2.75) is 13.8 Å². The summed E-state index contributed by atoms with van der Waals surface area (Å²) in [5.41, 5.74) is 6.19. The monoisotopic (exact) mass is 270 g/mol. The van der Waals surface area contributed by atoms with E-state index in [4.69, 9.17) is 5.73 Å². The van der Waals surface area contributed by atoms with Crippen molar-refractivity contribution in [3.63, 3.8) is 0 Å². The van der Waals surface area contributed by atoms with Crippen LogP contribution >= 0.6 is 11.3 Å². The van der Waals surface area contributed by atoms with Gasteiger partial charge in [0.15, 0.2) is 5.13 Å².